The fourth-order valence-corrected chi connectivity index (χ4v) is 3.41. The Bertz CT molecular complexity index is 826. The number of guanidine groups is 1. The Morgan fingerprint density at radius 2 is 1.87 bits per heavy atom. The first-order chi connectivity index (χ1) is 14.6. The summed E-state index contributed by atoms with van der Waals surface area (Å²) in [6, 6.07) is 10.6. The molecule has 0 bridgehead atoms. The van der Waals surface area contributed by atoms with Gasteiger partial charge in [-0.1, -0.05) is 18.2 Å². The number of para-hydroxylation sites is 1. The molecule has 1 aliphatic heterocycles. The molecule has 1 aromatic heterocycles. The molecule has 1 fully saturated rings. The van der Waals surface area contributed by atoms with Crippen molar-refractivity contribution in [2.45, 2.75) is 13.0 Å². The number of likely N-dealkylation sites (N-methyl/N-ethyl adjacent to an activating group) is 1. The Kier molecular flexibility index (Phi) is 8.53. The third kappa shape index (κ3) is 6.74. The fourth-order valence-electron chi connectivity index (χ4n) is 3.41. The maximum atomic E-state index is 11.9. The van der Waals surface area contributed by atoms with E-state index in [1.54, 1.807) is 19.0 Å². The van der Waals surface area contributed by atoms with Crippen LogP contribution in [-0.2, 0) is 16.1 Å². The molecule has 0 atom stereocenters. The van der Waals surface area contributed by atoms with E-state index in [1.165, 1.54) is 10.9 Å². The van der Waals surface area contributed by atoms with E-state index in [0.717, 1.165) is 58.9 Å². The molecule has 164 valence electrons. The Labute approximate surface area is 178 Å². The standard InChI is InChI=1S/C22H34N6O2/c1-26(2)21(29)18-25-22(24-10-13-27-14-16-30-17-15-27)23-9-5-11-28-12-8-19-6-3-4-7-20(19)28/h3-4,6-8,12H,5,9-11,13-18H2,1-2H3,(H2,23,24,25). The first kappa shape index (κ1) is 22.1. The molecule has 1 aliphatic rings. The molecule has 8 nitrogen and oxygen atoms in total. The minimum Gasteiger partial charge on any atom is -0.379 e. The van der Waals surface area contributed by atoms with E-state index < -0.39 is 0 Å². The minimum absolute atomic E-state index is 0.0110. The number of aryl methyl sites for hydroxylation is 1. The number of aromatic nitrogens is 1. The van der Waals surface area contributed by atoms with Crippen molar-refractivity contribution in [3.8, 4) is 0 Å². The maximum absolute atomic E-state index is 11.9. The summed E-state index contributed by atoms with van der Waals surface area (Å²) >= 11 is 0. The molecule has 0 saturated carbocycles. The molecule has 2 heterocycles. The van der Waals surface area contributed by atoms with Gasteiger partial charge in [0.15, 0.2) is 5.96 Å². The summed E-state index contributed by atoms with van der Waals surface area (Å²) in [6.07, 6.45) is 3.10. The Hall–Kier alpha value is -2.58. The highest BCUT2D eigenvalue weighted by molar-refractivity contribution is 5.84. The average Bonchev–Trinajstić information content (AvgIpc) is 3.18. The van der Waals surface area contributed by atoms with Crippen molar-refractivity contribution in [1.82, 2.24) is 25.0 Å². The van der Waals surface area contributed by atoms with E-state index in [2.05, 4.69) is 61.6 Å². The van der Waals surface area contributed by atoms with Crippen molar-refractivity contribution in [2.75, 3.05) is 66.6 Å². The summed E-state index contributed by atoms with van der Waals surface area (Å²) in [5, 5.41) is 8.00. The molecule has 2 N–H and O–H groups in total. The van der Waals surface area contributed by atoms with E-state index in [9.17, 15) is 4.79 Å². The van der Waals surface area contributed by atoms with Crippen LogP contribution in [0, 0.1) is 0 Å². The number of amides is 1. The van der Waals surface area contributed by atoms with Crippen molar-refractivity contribution < 1.29 is 9.53 Å². The van der Waals surface area contributed by atoms with Crippen LogP contribution in [0.5, 0.6) is 0 Å². The molecule has 1 amide bonds. The third-order valence-electron chi connectivity index (χ3n) is 5.24. The zero-order valence-corrected chi connectivity index (χ0v) is 18.1. The van der Waals surface area contributed by atoms with Gasteiger partial charge in [-0.3, -0.25) is 9.69 Å². The van der Waals surface area contributed by atoms with Gasteiger partial charge in [-0.25, -0.2) is 4.99 Å². The highest BCUT2D eigenvalue weighted by Crippen LogP contribution is 2.15. The SMILES string of the molecule is CN(C)C(=O)CN=C(NCCCn1ccc2ccccc21)NCCN1CCOCC1. The van der Waals surface area contributed by atoms with Gasteiger partial charge in [0.25, 0.3) is 0 Å². The quantitative estimate of drug-likeness (QED) is 0.364. The van der Waals surface area contributed by atoms with Gasteiger partial charge in [-0.2, -0.15) is 0 Å². The van der Waals surface area contributed by atoms with Gasteiger partial charge in [-0.05, 0) is 23.9 Å². The fraction of sp³-hybridized carbons (Fsp3) is 0.545. The molecule has 0 radical (unpaired) electrons. The van der Waals surface area contributed by atoms with E-state index in [-0.39, 0.29) is 12.5 Å². The van der Waals surface area contributed by atoms with Gasteiger partial charge in [0, 0.05) is 65.1 Å². The van der Waals surface area contributed by atoms with Crippen molar-refractivity contribution in [3.05, 3.63) is 36.5 Å². The summed E-state index contributed by atoms with van der Waals surface area (Å²) in [4.78, 5) is 20.3. The summed E-state index contributed by atoms with van der Waals surface area (Å²) in [6.45, 7) is 7.09. The van der Waals surface area contributed by atoms with Gasteiger partial charge >= 0.3 is 0 Å². The molecule has 30 heavy (non-hydrogen) atoms. The van der Waals surface area contributed by atoms with Gasteiger partial charge in [0.2, 0.25) is 5.91 Å². The number of benzene rings is 1. The molecule has 0 unspecified atom stereocenters. The van der Waals surface area contributed by atoms with Crippen LogP contribution in [0.2, 0.25) is 0 Å². The number of hydrogen-bond donors (Lipinski definition) is 2. The molecule has 0 spiro atoms. The monoisotopic (exact) mass is 414 g/mol. The summed E-state index contributed by atoms with van der Waals surface area (Å²) in [5.41, 5.74) is 1.26. The largest absolute Gasteiger partial charge is 0.379 e. The Morgan fingerprint density at radius 3 is 2.67 bits per heavy atom. The number of nitrogens with one attached hydrogen (secondary N) is 2. The zero-order chi connectivity index (χ0) is 21.2. The summed E-state index contributed by atoms with van der Waals surface area (Å²) < 4.78 is 7.67. The van der Waals surface area contributed by atoms with Crippen LogP contribution in [-0.4, -0.2) is 92.8 Å². The van der Waals surface area contributed by atoms with Crippen molar-refractivity contribution in [2.24, 2.45) is 4.99 Å². The number of hydrogen-bond acceptors (Lipinski definition) is 4. The van der Waals surface area contributed by atoms with Crippen LogP contribution in [0.25, 0.3) is 10.9 Å². The van der Waals surface area contributed by atoms with Crippen molar-refractivity contribution in [3.63, 3.8) is 0 Å². The predicted octanol–water partition coefficient (Wildman–Crippen LogP) is 0.987. The van der Waals surface area contributed by atoms with Crippen LogP contribution in [0.1, 0.15) is 6.42 Å². The molecular formula is C22H34N6O2. The Balaban J connectivity index is 1.46. The number of aliphatic imine (C=N–C) groups is 1. The number of carbonyl (C=O) groups excluding carboxylic acids is 1. The maximum Gasteiger partial charge on any atom is 0.243 e. The van der Waals surface area contributed by atoms with E-state index in [1.807, 2.05) is 0 Å². The number of rotatable bonds is 9. The lowest BCUT2D eigenvalue weighted by Crippen LogP contribution is -2.45. The highest BCUT2D eigenvalue weighted by atomic mass is 16.5. The predicted molar refractivity (Wildman–Crippen MR) is 121 cm³/mol. The first-order valence-electron chi connectivity index (χ1n) is 10.7. The van der Waals surface area contributed by atoms with E-state index >= 15 is 0 Å². The average molecular weight is 415 g/mol. The lowest BCUT2D eigenvalue weighted by atomic mass is 10.2. The molecular weight excluding hydrogens is 380 g/mol. The lowest BCUT2D eigenvalue weighted by molar-refractivity contribution is -0.127. The molecule has 1 saturated heterocycles. The van der Waals surface area contributed by atoms with E-state index in [4.69, 9.17) is 4.74 Å². The topological polar surface area (TPSA) is 74.1 Å². The lowest BCUT2D eigenvalue weighted by Gasteiger charge is -2.26. The molecule has 2 aromatic rings. The van der Waals surface area contributed by atoms with Gasteiger partial charge in [0.05, 0.1) is 13.2 Å². The van der Waals surface area contributed by atoms with Crippen LogP contribution in [0.15, 0.2) is 41.5 Å². The normalized spacial score (nSPS) is 15.3. The highest BCUT2D eigenvalue weighted by Gasteiger charge is 2.10. The second kappa shape index (κ2) is 11.6. The molecule has 1 aromatic carbocycles. The van der Waals surface area contributed by atoms with Crippen molar-refractivity contribution in [1.29, 1.82) is 0 Å². The number of ether oxygens (including phenoxy) is 1. The molecule has 3 rings (SSSR count). The third-order valence-corrected chi connectivity index (χ3v) is 5.24. The molecule has 0 aliphatic carbocycles. The van der Waals surface area contributed by atoms with Crippen LogP contribution < -0.4 is 10.6 Å². The first-order valence-corrected chi connectivity index (χ1v) is 10.7. The van der Waals surface area contributed by atoms with Gasteiger partial charge in [-0.15, -0.1) is 0 Å². The number of fused-ring (bicyclic) bond motifs is 1. The number of nitrogens with zero attached hydrogens (tertiary/aromatic N) is 4. The van der Waals surface area contributed by atoms with Crippen LogP contribution in [0.4, 0.5) is 0 Å². The van der Waals surface area contributed by atoms with Gasteiger partial charge in [0.1, 0.15) is 6.54 Å². The van der Waals surface area contributed by atoms with E-state index in [0.29, 0.717) is 5.96 Å². The molecule has 8 heteroatoms. The smallest absolute Gasteiger partial charge is 0.243 e. The second-order valence-electron chi connectivity index (χ2n) is 7.68. The number of morpholine rings is 1. The second-order valence-corrected chi connectivity index (χ2v) is 7.68. The Morgan fingerprint density at radius 1 is 1.10 bits per heavy atom. The zero-order valence-electron chi connectivity index (χ0n) is 18.1. The summed E-state index contributed by atoms with van der Waals surface area (Å²) in [5.74, 6) is 0.680. The van der Waals surface area contributed by atoms with Crippen LogP contribution in [0.3, 0.4) is 0 Å². The summed E-state index contributed by atoms with van der Waals surface area (Å²) in [7, 11) is 3.50. The van der Waals surface area contributed by atoms with Gasteiger partial charge < -0.3 is 24.8 Å². The number of carbonyl (C=O) groups is 1. The minimum atomic E-state index is -0.0110. The van der Waals surface area contributed by atoms with Crippen LogP contribution >= 0.6 is 0 Å². The van der Waals surface area contributed by atoms with Crippen molar-refractivity contribution >= 4 is 22.8 Å².